The smallest absolute Gasteiger partial charge is 0.136 e. The first-order valence-corrected chi connectivity index (χ1v) is 3.52. The third-order valence-electron chi connectivity index (χ3n) is 1.51. The van der Waals surface area contributed by atoms with E-state index < -0.39 is 0 Å². The van der Waals surface area contributed by atoms with Gasteiger partial charge in [0.15, 0.2) is 0 Å². The van der Waals surface area contributed by atoms with Crippen molar-refractivity contribution in [3.05, 3.63) is 0 Å². The molecule has 0 radical (unpaired) electrons. The largest absolute Gasteiger partial charge is 0.382 e. The Bertz CT molecular complexity index is 85.8. The molecule has 0 aromatic heterocycles. The Kier molecular flexibility index (Phi) is 6.45. The number of rotatable bonds is 6. The molecule has 0 aliphatic carbocycles. The summed E-state index contributed by atoms with van der Waals surface area (Å²) in [5, 5.41) is 2.96. The molecule has 0 heterocycles. The number of ether oxygens (including phenoxy) is 3. The van der Waals surface area contributed by atoms with Gasteiger partial charge in [0.1, 0.15) is 12.3 Å². The monoisotopic (exact) mass is 163 g/mol. The molecular weight excluding hydrogens is 146 g/mol. The van der Waals surface area contributed by atoms with E-state index in [2.05, 4.69) is 5.32 Å². The van der Waals surface area contributed by atoms with E-state index in [1.807, 2.05) is 7.05 Å². The van der Waals surface area contributed by atoms with Crippen LogP contribution in [-0.4, -0.2) is 47.3 Å². The van der Waals surface area contributed by atoms with Crippen molar-refractivity contribution in [3.63, 3.8) is 0 Å². The average Bonchev–Trinajstić information content (AvgIpc) is 2.05. The van der Waals surface area contributed by atoms with Gasteiger partial charge in [-0.25, -0.2) is 0 Å². The Balaban J connectivity index is 3.76. The number of hydrogen-bond donors (Lipinski definition) is 1. The topological polar surface area (TPSA) is 39.7 Å². The number of methoxy groups -OCH3 is 3. The van der Waals surface area contributed by atoms with E-state index in [1.54, 1.807) is 21.3 Å². The first kappa shape index (κ1) is 10.8. The van der Waals surface area contributed by atoms with E-state index in [4.69, 9.17) is 14.2 Å². The molecule has 68 valence electrons. The van der Waals surface area contributed by atoms with E-state index >= 15 is 0 Å². The number of nitrogens with one attached hydrogen (secondary N) is 1. The summed E-state index contributed by atoms with van der Waals surface area (Å²) in [5.41, 5.74) is 0. The fourth-order valence-corrected chi connectivity index (χ4v) is 0.899. The van der Waals surface area contributed by atoms with Gasteiger partial charge in [0, 0.05) is 21.3 Å². The molecule has 0 aromatic rings. The highest BCUT2D eigenvalue weighted by molar-refractivity contribution is 4.65. The first-order chi connectivity index (χ1) is 5.29. The zero-order valence-corrected chi connectivity index (χ0v) is 7.59. The van der Waals surface area contributed by atoms with Gasteiger partial charge in [-0.1, -0.05) is 0 Å². The second-order valence-corrected chi connectivity index (χ2v) is 2.17. The molecule has 0 rings (SSSR count). The van der Waals surface area contributed by atoms with E-state index in [9.17, 15) is 0 Å². The maximum absolute atomic E-state index is 5.12. The zero-order valence-electron chi connectivity index (χ0n) is 7.59. The molecule has 0 amide bonds. The predicted molar refractivity (Wildman–Crippen MR) is 42.5 cm³/mol. The molecule has 4 heteroatoms. The zero-order chi connectivity index (χ0) is 8.69. The molecule has 0 saturated heterocycles. The normalized spacial score (nSPS) is 16.4. The molecule has 0 saturated carbocycles. The maximum atomic E-state index is 5.12. The van der Waals surface area contributed by atoms with Crippen LogP contribution in [0.2, 0.25) is 0 Å². The van der Waals surface area contributed by atoms with Crippen LogP contribution in [0.5, 0.6) is 0 Å². The van der Waals surface area contributed by atoms with Crippen LogP contribution in [-0.2, 0) is 14.2 Å². The Morgan fingerprint density at radius 2 is 1.82 bits per heavy atom. The molecule has 0 fully saturated rings. The van der Waals surface area contributed by atoms with Crippen molar-refractivity contribution in [3.8, 4) is 0 Å². The third-order valence-corrected chi connectivity index (χ3v) is 1.51. The molecular formula is C7H17NO3. The van der Waals surface area contributed by atoms with Crippen LogP contribution in [0.3, 0.4) is 0 Å². The number of hydrogen-bond acceptors (Lipinski definition) is 4. The van der Waals surface area contributed by atoms with Gasteiger partial charge in [0.05, 0.1) is 6.61 Å². The number of likely N-dealkylation sites (N-methyl/N-ethyl adjacent to an activating group) is 1. The van der Waals surface area contributed by atoms with Crippen LogP contribution >= 0.6 is 0 Å². The lowest BCUT2D eigenvalue weighted by Gasteiger charge is -2.23. The molecule has 0 spiro atoms. The molecule has 2 atom stereocenters. The van der Waals surface area contributed by atoms with Crippen LogP contribution in [0.15, 0.2) is 0 Å². The lowest BCUT2D eigenvalue weighted by molar-refractivity contribution is -0.0782. The lowest BCUT2D eigenvalue weighted by Crippen LogP contribution is -2.42. The van der Waals surface area contributed by atoms with E-state index in [0.29, 0.717) is 6.61 Å². The quantitative estimate of drug-likeness (QED) is 0.552. The van der Waals surface area contributed by atoms with Gasteiger partial charge in [-0.05, 0) is 7.05 Å². The summed E-state index contributed by atoms with van der Waals surface area (Å²) in [6.45, 7) is 0.524. The van der Waals surface area contributed by atoms with Crippen LogP contribution < -0.4 is 5.32 Å². The first-order valence-electron chi connectivity index (χ1n) is 3.52. The van der Waals surface area contributed by atoms with Gasteiger partial charge < -0.3 is 14.2 Å². The SMILES string of the molecule is CNC(OC)C(COC)OC. The van der Waals surface area contributed by atoms with Crippen molar-refractivity contribution >= 4 is 0 Å². The summed E-state index contributed by atoms with van der Waals surface area (Å²) < 4.78 is 15.1. The molecule has 0 aliphatic rings. The van der Waals surface area contributed by atoms with Crippen molar-refractivity contribution in [1.82, 2.24) is 5.32 Å². The minimum atomic E-state index is -0.111. The summed E-state index contributed by atoms with van der Waals surface area (Å²) in [6, 6.07) is 0. The van der Waals surface area contributed by atoms with Crippen LogP contribution in [0, 0.1) is 0 Å². The third kappa shape index (κ3) is 3.67. The standard InChI is InChI=1S/C7H17NO3/c1-8-7(11-4)6(10-3)5-9-2/h6-8H,5H2,1-4H3. The highest BCUT2D eigenvalue weighted by Crippen LogP contribution is 1.98. The van der Waals surface area contributed by atoms with Crippen LogP contribution in [0.4, 0.5) is 0 Å². The molecule has 1 N–H and O–H groups in total. The summed E-state index contributed by atoms with van der Waals surface area (Å²) in [7, 11) is 6.71. The summed E-state index contributed by atoms with van der Waals surface area (Å²) in [4.78, 5) is 0. The highest BCUT2D eigenvalue weighted by Gasteiger charge is 2.18. The highest BCUT2D eigenvalue weighted by atomic mass is 16.6. The summed E-state index contributed by atoms with van der Waals surface area (Å²) in [5.74, 6) is 0. The van der Waals surface area contributed by atoms with Crippen molar-refractivity contribution in [2.75, 3.05) is 35.0 Å². The van der Waals surface area contributed by atoms with E-state index in [-0.39, 0.29) is 12.3 Å². The predicted octanol–water partition coefficient (Wildman–Crippen LogP) is -0.160. The van der Waals surface area contributed by atoms with Gasteiger partial charge in [-0.15, -0.1) is 0 Å². The van der Waals surface area contributed by atoms with Crippen molar-refractivity contribution < 1.29 is 14.2 Å². The van der Waals surface area contributed by atoms with Crippen molar-refractivity contribution in [1.29, 1.82) is 0 Å². The fourth-order valence-electron chi connectivity index (χ4n) is 0.899. The van der Waals surface area contributed by atoms with Crippen molar-refractivity contribution in [2.24, 2.45) is 0 Å². The fraction of sp³-hybridized carbons (Fsp3) is 1.00. The molecule has 0 bridgehead atoms. The molecule has 0 aromatic carbocycles. The maximum Gasteiger partial charge on any atom is 0.136 e. The molecule has 2 unspecified atom stereocenters. The lowest BCUT2D eigenvalue weighted by atomic mass is 10.3. The van der Waals surface area contributed by atoms with Gasteiger partial charge in [-0.3, -0.25) is 5.32 Å². The summed E-state index contributed by atoms with van der Waals surface area (Å²) >= 11 is 0. The minimum Gasteiger partial charge on any atom is -0.382 e. The average molecular weight is 163 g/mol. The van der Waals surface area contributed by atoms with Crippen LogP contribution in [0.1, 0.15) is 0 Å². The van der Waals surface area contributed by atoms with Gasteiger partial charge in [0.25, 0.3) is 0 Å². The van der Waals surface area contributed by atoms with Crippen LogP contribution in [0.25, 0.3) is 0 Å². The van der Waals surface area contributed by atoms with Crippen molar-refractivity contribution in [2.45, 2.75) is 12.3 Å². The Morgan fingerprint density at radius 1 is 1.18 bits per heavy atom. The molecule has 0 aliphatic heterocycles. The van der Waals surface area contributed by atoms with E-state index in [1.165, 1.54) is 0 Å². The van der Waals surface area contributed by atoms with E-state index in [0.717, 1.165) is 0 Å². The van der Waals surface area contributed by atoms with Gasteiger partial charge >= 0.3 is 0 Å². The van der Waals surface area contributed by atoms with Gasteiger partial charge in [0.2, 0.25) is 0 Å². The molecule has 11 heavy (non-hydrogen) atoms. The second kappa shape index (κ2) is 6.54. The summed E-state index contributed by atoms with van der Waals surface area (Å²) in [6.07, 6.45) is -0.171. The minimum absolute atomic E-state index is 0.0602. The molecule has 4 nitrogen and oxygen atoms in total. The Morgan fingerprint density at radius 3 is 2.09 bits per heavy atom. The Hall–Kier alpha value is -0.160. The van der Waals surface area contributed by atoms with Gasteiger partial charge in [-0.2, -0.15) is 0 Å². The second-order valence-electron chi connectivity index (χ2n) is 2.17. The Labute approximate surface area is 67.8 Å².